The smallest absolute Gasteiger partial charge is 0.335 e. The molecule has 0 radical (unpaired) electrons. The molecular formula is C11H5ClN2O2S. The standard InChI is InChI=1S/C11H5ClN2O2S/c12-11-14-8-4-13-7-3-5(10(15)16)1-2-6(7)9(8)17-11/h1-4H,(H,15,16). The summed E-state index contributed by atoms with van der Waals surface area (Å²) in [4.78, 5) is 19.2. The van der Waals surface area contributed by atoms with Crippen LogP contribution in [0.3, 0.4) is 0 Å². The van der Waals surface area contributed by atoms with E-state index in [9.17, 15) is 4.79 Å². The van der Waals surface area contributed by atoms with Crippen LogP contribution in [-0.2, 0) is 0 Å². The van der Waals surface area contributed by atoms with E-state index in [4.69, 9.17) is 16.7 Å². The molecule has 4 nitrogen and oxygen atoms in total. The van der Waals surface area contributed by atoms with Gasteiger partial charge in [0, 0.05) is 5.39 Å². The Morgan fingerprint density at radius 1 is 1.35 bits per heavy atom. The lowest BCUT2D eigenvalue weighted by molar-refractivity contribution is 0.0697. The minimum Gasteiger partial charge on any atom is -0.478 e. The molecule has 0 spiro atoms. The molecule has 0 saturated carbocycles. The number of nitrogens with zero attached hydrogens (tertiary/aromatic N) is 2. The molecule has 84 valence electrons. The summed E-state index contributed by atoms with van der Waals surface area (Å²) in [6, 6.07) is 4.84. The van der Waals surface area contributed by atoms with Crippen LogP contribution in [0.2, 0.25) is 4.47 Å². The lowest BCUT2D eigenvalue weighted by atomic mass is 10.1. The Bertz CT molecular complexity index is 754. The van der Waals surface area contributed by atoms with Crippen LogP contribution in [0.1, 0.15) is 10.4 Å². The van der Waals surface area contributed by atoms with Gasteiger partial charge in [-0.3, -0.25) is 4.98 Å². The number of aromatic nitrogens is 2. The van der Waals surface area contributed by atoms with Crippen LogP contribution >= 0.6 is 22.9 Å². The highest BCUT2D eigenvalue weighted by Crippen LogP contribution is 2.31. The fraction of sp³-hybridized carbons (Fsp3) is 0. The van der Waals surface area contributed by atoms with Gasteiger partial charge in [0.25, 0.3) is 0 Å². The Morgan fingerprint density at radius 3 is 2.94 bits per heavy atom. The molecule has 3 rings (SSSR count). The van der Waals surface area contributed by atoms with Gasteiger partial charge in [-0.05, 0) is 12.1 Å². The first-order chi connectivity index (χ1) is 8.15. The molecule has 0 aliphatic carbocycles. The largest absolute Gasteiger partial charge is 0.478 e. The molecule has 0 aliphatic rings. The zero-order valence-electron chi connectivity index (χ0n) is 8.35. The Hall–Kier alpha value is -1.72. The van der Waals surface area contributed by atoms with Crippen molar-refractivity contribution in [2.75, 3.05) is 0 Å². The molecule has 6 heteroatoms. The van der Waals surface area contributed by atoms with Crippen LogP contribution in [0.25, 0.3) is 21.1 Å². The summed E-state index contributed by atoms with van der Waals surface area (Å²) in [5.41, 5.74) is 1.59. The van der Waals surface area contributed by atoms with E-state index in [1.807, 2.05) is 0 Å². The molecule has 0 bridgehead atoms. The zero-order chi connectivity index (χ0) is 12.0. The predicted octanol–water partition coefficient (Wildman–Crippen LogP) is 3.20. The van der Waals surface area contributed by atoms with E-state index < -0.39 is 5.97 Å². The highest BCUT2D eigenvalue weighted by molar-refractivity contribution is 7.23. The van der Waals surface area contributed by atoms with Crippen molar-refractivity contribution in [1.82, 2.24) is 9.97 Å². The molecule has 1 N–H and O–H groups in total. The molecule has 0 unspecified atom stereocenters. The summed E-state index contributed by atoms with van der Waals surface area (Å²) in [5, 5.41) is 9.78. The van der Waals surface area contributed by atoms with Gasteiger partial charge in [-0.25, -0.2) is 9.78 Å². The summed E-state index contributed by atoms with van der Waals surface area (Å²) in [6.45, 7) is 0. The topological polar surface area (TPSA) is 63.1 Å². The number of halogens is 1. The number of carboxylic acid groups (broad SMARTS) is 1. The number of benzene rings is 1. The second kappa shape index (κ2) is 3.65. The summed E-state index contributed by atoms with van der Waals surface area (Å²) in [5.74, 6) is -0.962. The van der Waals surface area contributed by atoms with E-state index in [0.29, 0.717) is 9.98 Å². The van der Waals surface area contributed by atoms with E-state index in [2.05, 4.69) is 9.97 Å². The van der Waals surface area contributed by atoms with Crippen LogP contribution in [0.5, 0.6) is 0 Å². The van der Waals surface area contributed by atoms with Gasteiger partial charge in [0.05, 0.1) is 22.0 Å². The molecule has 0 saturated heterocycles. The molecule has 0 fully saturated rings. The summed E-state index contributed by atoms with van der Waals surface area (Å²) in [6.07, 6.45) is 1.60. The minimum absolute atomic E-state index is 0.222. The minimum atomic E-state index is -0.962. The Kier molecular flexibility index (Phi) is 2.24. The first kappa shape index (κ1) is 10.4. The normalized spacial score (nSPS) is 11.1. The highest BCUT2D eigenvalue weighted by atomic mass is 35.5. The molecule has 2 heterocycles. The summed E-state index contributed by atoms with van der Waals surface area (Å²) >= 11 is 7.21. The van der Waals surface area contributed by atoms with Crippen molar-refractivity contribution in [3.05, 3.63) is 34.4 Å². The first-order valence-electron chi connectivity index (χ1n) is 4.73. The number of thiazole rings is 1. The maximum absolute atomic E-state index is 10.9. The molecule has 0 aliphatic heterocycles. The van der Waals surface area contributed by atoms with Gasteiger partial charge in [-0.2, -0.15) is 0 Å². The number of carboxylic acids is 1. The van der Waals surface area contributed by atoms with E-state index >= 15 is 0 Å². The molecule has 0 atom stereocenters. The third kappa shape index (κ3) is 1.64. The third-order valence-electron chi connectivity index (χ3n) is 2.44. The Morgan fingerprint density at radius 2 is 2.18 bits per heavy atom. The molecule has 2 aromatic heterocycles. The zero-order valence-corrected chi connectivity index (χ0v) is 9.92. The van der Waals surface area contributed by atoms with Crippen molar-refractivity contribution in [2.45, 2.75) is 0 Å². The fourth-order valence-electron chi connectivity index (χ4n) is 1.68. The van der Waals surface area contributed by atoms with Crippen molar-refractivity contribution in [3.8, 4) is 0 Å². The number of rotatable bonds is 1. The van der Waals surface area contributed by atoms with E-state index in [-0.39, 0.29) is 5.56 Å². The van der Waals surface area contributed by atoms with Gasteiger partial charge in [0.2, 0.25) is 0 Å². The Labute approximate surface area is 104 Å². The molecule has 3 aromatic rings. The molecule has 1 aromatic carbocycles. The van der Waals surface area contributed by atoms with Crippen LogP contribution in [0.15, 0.2) is 24.4 Å². The second-order valence-electron chi connectivity index (χ2n) is 3.48. The van der Waals surface area contributed by atoms with Gasteiger partial charge in [0.1, 0.15) is 5.52 Å². The van der Waals surface area contributed by atoms with Crippen molar-refractivity contribution >= 4 is 50.0 Å². The van der Waals surface area contributed by atoms with E-state index in [0.717, 1.165) is 15.6 Å². The molecular weight excluding hydrogens is 260 g/mol. The molecule has 17 heavy (non-hydrogen) atoms. The highest BCUT2D eigenvalue weighted by Gasteiger charge is 2.09. The number of carbonyl (C=O) groups is 1. The number of aromatic carboxylic acids is 1. The molecule has 0 amide bonds. The number of hydrogen-bond acceptors (Lipinski definition) is 4. The predicted molar refractivity (Wildman–Crippen MR) is 66.9 cm³/mol. The summed E-state index contributed by atoms with van der Waals surface area (Å²) < 4.78 is 1.38. The van der Waals surface area contributed by atoms with Crippen LogP contribution < -0.4 is 0 Å². The average Bonchev–Trinajstić information content (AvgIpc) is 2.69. The third-order valence-corrected chi connectivity index (χ3v) is 3.65. The fourth-order valence-corrected chi connectivity index (χ4v) is 2.80. The van der Waals surface area contributed by atoms with Crippen molar-refractivity contribution < 1.29 is 9.90 Å². The monoisotopic (exact) mass is 264 g/mol. The van der Waals surface area contributed by atoms with Gasteiger partial charge in [-0.1, -0.05) is 17.7 Å². The van der Waals surface area contributed by atoms with Crippen molar-refractivity contribution in [1.29, 1.82) is 0 Å². The maximum atomic E-state index is 10.9. The van der Waals surface area contributed by atoms with Crippen molar-refractivity contribution in [3.63, 3.8) is 0 Å². The van der Waals surface area contributed by atoms with Gasteiger partial charge < -0.3 is 5.11 Å². The van der Waals surface area contributed by atoms with E-state index in [1.54, 1.807) is 24.4 Å². The maximum Gasteiger partial charge on any atom is 0.335 e. The number of pyridine rings is 1. The van der Waals surface area contributed by atoms with Crippen molar-refractivity contribution in [2.24, 2.45) is 0 Å². The lowest BCUT2D eigenvalue weighted by Gasteiger charge is -1.99. The van der Waals surface area contributed by atoms with Crippen LogP contribution in [-0.4, -0.2) is 21.0 Å². The van der Waals surface area contributed by atoms with Gasteiger partial charge in [0.15, 0.2) is 4.47 Å². The van der Waals surface area contributed by atoms with Gasteiger partial charge in [-0.15, -0.1) is 11.3 Å². The van der Waals surface area contributed by atoms with E-state index in [1.165, 1.54) is 11.3 Å². The number of fused-ring (bicyclic) bond motifs is 3. The van der Waals surface area contributed by atoms with Crippen LogP contribution in [0, 0.1) is 0 Å². The first-order valence-corrected chi connectivity index (χ1v) is 5.93. The summed E-state index contributed by atoms with van der Waals surface area (Å²) in [7, 11) is 0. The Balaban J connectivity index is 2.40. The number of hydrogen-bond donors (Lipinski definition) is 1. The second-order valence-corrected chi connectivity index (χ2v) is 5.06. The average molecular weight is 265 g/mol. The van der Waals surface area contributed by atoms with Crippen LogP contribution in [0.4, 0.5) is 0 Å². The lowest BCUT2D eigenvalue weighted by Crippen LogP contribution is -1.95. The SMILES string of the molecule is O=C(O)c1ccc2c(c1)ncc1nc(Cl)sc12. The van der Waals surface area contributed by atoms with Gasteiger partial charge >= 0.3 is 5.97 Å². The quantitative estimate of drug-likeness (QED) is 0.733.